The summed E-state index contributed by atoms with van der Waals surface area (Å²) in [5, 5.41) is 16.6. The highest BCUT2D eigenvalue weighted by atomic mass is 19.1. The van der Waals surface area contributed by atoms with Gasteiger partial charge in [-0.15, -0.1) is 0 Å². The largest absolute Gasteiger partial charge is 0.389 e. The first-order valence-electron chi connectivity index (χ1n) is 11.9. The number of nitrogens with zero attached hydrogens (tertiary/aromatic N) is 2. The van der Waals surface area contributed by atoms with Crippen LogP contribution in [0.25, 0.3) is 11.8 Å². The van der Waals surface area contributed by atoms with Crippen LogP contribution in [0.2, 0.25) is 0 Å². The molecule has 5 heteroatoms. The Kier molecular flexibility index (Phi) is 4.49. The number of nitrogens with two attached hydrogens (primary N) is 1. The van der Waals surface area contributed by atoms with Crippen molar-refractivity contribution in [3.05, 3.63) is 88.5 Å². The molecule has 2 saturated carbocycles. The summed E-state index contributed by atoms with van der Waals surface area (Å²) in [7, 11) is 0. The van der Waals surface area contributed by atoms with E-state index in [1.165, 1.54) is 28.8 Å². The summed E-state index contributed by atoms with van der Waals surface area (Å²) in [6, 6.07) is 14.9. The number of fused-ring (bicyclic) bond motifs is 2. The zero-order chi connectivity index (χ0) is 22.8. The molecule has 3 aliphatic rings. The van der Waals surface area contributed by atoms with E-state index in [1.54, 1.807) is 12.1 Å². The molecule has 0 unspecified atom stereocenters. The van der Waals surface area contributed by atoms with E-state index in [1.807, 2.05) is 10.9 Å². The highest BCUT2D eigenvalue weighted by Crippen LogP contribution is 2.57. The number of hydrogen-bond donors (Lipinski definition) is 2. The summed E-state index contributed by atoms with van der Waals surface area (Å²) in [5.74, 6) is -0.254. The molecule has 2 fully saturated rings. The Hall–Kier alpha value is -2.76. The van der Waals surface area contributed by atoms with Crippen LogP contribution in [0.1, 0.15) is 61.4 Å². The van der Waals surface area contributed by atoms with Crippen LogP contribution in [-0.4, -0.2) is 20.5 Å². The molecule has 0 saturated heterocycles. The molecule has 0 aliphatic heterocycles. The third-order valence-electron chi connectivity index (χ3n) is 8.51. The molecule has 170 valence electrons. The van der Waals surface area contributed by atoms with Crippen molar-refractivity contribution in [2.45, 2.75) is 63.0 Å². The molecule has 4 nitrogen and oxygen atoms in total. The van der Waals surface area contributed by atoms with Crippen molar-refractivity contribution in [3.8, 4) is 5.69 Å². The summed E-state index contributed by atoms with van der Waals surface area (Å²) in [6.07, 6.45) is 10.1. The van der Waals surface area contributed by atoms with Crippen LogP contribution < -0.4 is 5.73 Å². The Bertz CT molecular complexity index is 1260. The van der Waals surface area contributed by atoms with E-state index in [-0.39, 0.29) is 16.8 Å². The molecule has 0 bridgehead atoms. The summed E-state index contributed by atoms with van der Waals surface area (Å²) >= 11 is 0. The van der Waals surface area contributed by atoms with E-state index < -0.39 is 5.60 Å². The van der Waals surface area contributed by atoms with Crippen LogP contribution in [0.4, 0.5) is 4.39 Å². The lowest BCUT2D eigenvalue weighted by Gasteiger charge is -2.42. The van der Waals surface area contributed by atoms with Crippen molar-refractivity contribution >= 4 is 6.08 Å². The van der Waals surface area contributed by atoms with Gasteiger partial charge in [0.05, 0.1) is 23.2 Å². The molecule has 0 amide bonds. The van der Waals surface area contributed by atoms with Crippen LogP contribution in [0, 0.1) is 11.2 Å². The number of halogens is 1. The highest BCUT2D eigenvalue weighted by Gasteiger charge is 2.55. The molecule has 6 rings (SSSR count). The normalized spacial score (nSPS) is 27.1. The number of aryl methyl sites for hydroxylation is 1. The zero-order valence-electron chi connectivity index (χ0n) is 19.0. The topological polar surface area (TPSA) is 64.1 Å². The molecule has 33 heavy (non-hydrogen) atoms. The lowest BCUT2D eigenvalue weighted by atomic mass is 9.65. The fraction of sp³-hybridized carbons (Fsp3) is 0.393. The number of benzene rings is 2. The molecular weight excluding hydrogens is 413 g/mol. The Morgan fingerprint density at radius 2 is 1.85 bits per heavy atom. The molecular formula is C28H30FN3O. The second-order valence-corrected chi connectivity index (χ2v) is 10.5. The van der Waals surface area contributed by atoms with E-state index in [2.05, 4.69) is 42.4 Å². The number of hydrogen-bond acceptors (Lipinski definition) is 3. The fourth-order valence-corrected chi connectivity index (χ4v) is 6.09. The molecule has 3 aromatic rings. The second-order valence-electron chi connectivity index (χ2n) is 10.5. The smallest absolute Gasteiger partial charge is 0.123 e. The Labute approximate surface area is 193 Å². The fourth-order valence-electron chi connectivity index (χ4n) is 6.09. The summed E-state index contributed by atoms with van der Waals surface area (Å²) in [6.45, 7) is 2.21. The Morgan fingerprint density at radius 1 is 1.09 bits per heavy atom. The molecule has 3 N–H and O–H groups in total. The lowest BCUT2D eigenvalue weighted by Crippen LogP contribution is -2.45. The van der Waals surface area contributed by atoms with Crippen LogP contribution in [-0.2, 0) is 18.4 Å². The van der Waals surface area contributed by atoms with E-state index in [0.717, 1.165) is 61.9 Å². The average molecular weight is 444 g/mol. The molecule has 1 heterocycles. The predicted octanol–water partition coefficient (Wildman–Crippen LogP) is 5.06. The van der Waals surface area contributed by atoms with Gasteiger partial charge in [0.15, 0.2) is 0 Å². The molecule has 2 atom stereocenters. The minimum atomic E-state index is -0.771. The van der Waals surface area contributed by atoms with Gasteiger partial charge in [-0.2, -0.15) is 5.10 Å². The van der Waals surface area contributed by atoms with Crippen molar-refractivity contribution < 1.29 is 9.50 Å². The third kappa shape index (κ3) is 3.21. The third-order valence-corrected chi connectivity index (χ3v) is 8.51. The predicted molar refractivity (Wildman–Crippen MR) is 127 cm³/mol. The van der Waals surface area contributed by atoms with Crippen molar-refractivity contribution in [3.63, 3.8) is 0 Å². The van der Waals surface area contributed by atoms with Gasteiger partial charge in [0.1, 0.15) is 5.82 Å². The summed E-state index contributed by atoms with van der Waals surface area (Å²) in [4.78, 5) is 0. The molecule has 1 aromatic heterocycles. The van der Waals surface area contributed by atoms with Crippen LogP contribution >= 0.6 is 0 Å². The van der Waals surface area contributed by atoms with Crippen LogP contribution in [0.3, 0.4) is 0 Å². The standard InChI is InChI=1S/C28H30FN3O/c1-26-17-20-18-31-32(23-8-6-22(29)7-9-23)25(20)16-21(26)11-13-28(26,33)12-10-19-4-2-3-5-24(19)27(30)14-15-27/h2-9,16,18,33H,10-15,17,30H2,1H3/t26-,28-/m0/s1. The van der Waals surface area contributed by atoms with E-state index >= 15 is 0 Å². The molecule has 2 aromatic carbocycles. The molecule has 0 radical (unpaired) electrons. The van der Waals surface area contributed by atoms with E-state index in [0.29, 0.717) is 0 Å². The number of rotatable bonds is 5. The first-order chi connectivity index (χ1) is 15.8. The summed E-state index contributed by atoms with van der Waals surface area (Å²) < 4.78 is 15.3. The van der Waals surface area contributed by atoms with Gasteiger partial charge in [0.25, 0.3) is 0 Å². The Morgan fingerprint density at radius 3 is 2.61 bits per heavy atom. The Balaban J connectivity index is 1.28. The maximum absolute atomic E-state index is 13.4. The average Bonchev–Trinajstić information content (AvgIpc) is 3.35. The van der Waals surface area contributed by atoms with E-state index in [4.69, 9.17) is 5.73 Å². The molecule has 3 aliphatic carbocycles. The maximum atomic E-state index is 13.4. The summed E-state index contributed by atoms with van der Waals surface area (Å²) in [5.41, 5.74) is 12.1. The van der Waals surface area contributed by atoms with Gasteiger partial charge in [-0.25, -0.2) is 9.07 Å². The van der Waals surface area contributed by atoms with Gasteiger partial charge >= 0.3 is 0 Å². The lowest BCUT2D eigenvalue weighted by molar-refractivity contribution is -0.0462. The zero-order valence-corrected chi connectivity index (χ0v) is 19.0. The van der Waals surface area contributed by atoms with Crippen molar-refractivity contribution in [1.29, 1.82) is 0 Å². The monoisotopic (exact) mass is 443 g/mol. The second kappa shape index (κ2) is 7.12. The van der Waals surface area contributed by atoms with Gasteiger partial charge in [0, 0.05) is 11.0 Å². The number of aliphatic hydroxyl groups is 1. The van der Waals surface area contributed by atoms with Crippen molar-refractivity contribution in [1.82, 2.24) is 9.78 Å². The van der Waals surface area contributed by atoms with Crippen molar-refractivity contribution in [2.24, 2.45) is 11.1 Å². The van der Waals surface area contributed by atoms with Gasteiger partial charge in [-0.1, -0.05) is 36.8 Å². The van der Waals surface area contributed by atoms with Crippen LogP contribution in [0.15, 0.2) is 60.3 Å². The quantitative estimate of drug-likeness (QED) is 0.579. The SMILES string of the molecule is C[C@]12Cc3cnn(-c4ccc(F)cc4)c3C=C1CC[C@@]2(O)CCc1ccccc1C1(N)CC1. The van der Waals surface area contributed by atoms with Gasteiger partial charge < -0.3 is 10.8 Å². The van der Waals surface area contributed by atoms with E-state index in [9.17, 15) is 9.50 Å². The van der Waals surface area contributed by atoms with Crippen molar-refractivity contribution in [2.75, 3.05) is 0 Å². The van der Waals surface area contributed by atoms with Gasteiger partial charge in [-0.3, -0.25) is 0 Å². The minimum absolute atomic E-state index is 0.168. The number of aromatic nitrogens is 2. The first-order valence-corrected chi connectivity index (χ1v) is 11.9. The molecule has 0 spiro atoms. The first kappa shape index (κ1) is 20.8. The maximum Gasteiger partial charge on any atom is 0.123 e. The van der Waals surface area contributed by atoms with Gasteiger partial charge in [0.2, 0.25) is 0 Å². The minimum Gasteiger partial charge on any atom is -0.389 e. The van der Waals surface area contributed by atoms with Crippen LogP contribution in [0.5, 0.6) is 0 Å². The van der Waals surface area contributed by atoms with Gasteiger partial charge in [-0.05, 0) is 92.0 Å². The highest BCUT2D eigenvalue weighted by molar-refractivity contribution is 5.62.